The lowest BCUT2D eigenvalue weighted by Crippen LogP contribution is -2.46. The number of nitrogens with zero attached hydrogens (tertiary/aromatic N) is 1. The van der Waals surface area contributed by atoms with Gasteiger partial charge in [0.15, 0.2) is 0 Å². The number of hydrogen-bond acceptors (Lipinski definition) is 6. The van der Waals surface area contributed by atoms with Crippen molar-refractivity contribution in [3.8, 4) is 0 Å². The van der Waals surface area contributed by atoms with Crippen molar-refractivity contribution in [2.75, 3.05) is 13.1 Å². The summed E-state index contributed by atoms with van der Waals surface area (Å²) in [6.07, 6.45) is -1.65. The predicted octanol–water partition coefficient (Wildman–Crippen LogP) is 0.883. The lowest BCUT2D eigenvalue weighted by molar-refractivity contribution is -0.162. The van der Waals surface area contributed by atoms with Crippen LogP contribution >= 0.6 is 0 Å². The number of carbonyl (C=O) groups excluding carboxylic acids is 2. The van der Waals surface area contributed by atoms with Crippen molar-refractivity contribution in [2.24, 2.45) is 11.7 Å². The first-order chi connectivity index (χ1) is 9.85. The first-order valence-corrected chi connectivity index (χ1v) is 7.46. The van der Waals surface area contributed by atoms with Gasteiger partial charge in [0.1, 0.15) is 17.1 Å². The van der Waals surface area contributed by atoms with Gasteiger partial charge in [-0.3, -0.25) is 4.79 Å². The Bertz CT molecular complexity index is 425. The standard InChI is InChI=1S/C15H28N2O5/c1-14(2,3)21-12(19)9-8-17(10(7-16)11(9)18)13(20)22-15(4,5)6/h9-11,18H,7-8,16H2,1-6H3/t9-,10-,11+/m0/s1. The van der Waals surface area contributed by atoms with E-state index in [9.17, 15) is 14.7 Å². The van der Waals surface area contributed by atoms with Gasteiger partial charge in [-0.2, -0.15) is 0 Å². The monoisotopic (exact) mass is 316 g/mol. The van der Waals surface area contributed by atoms with E-state index in [1.807, 2.05) is 0 Å². The Morgan fingerprint density at radius 3 is 2.05 bits per heavy atom. The van der Waals surface area contributed by atoms with Gasteiger partial charge < -0.3 is 25.2 Å². The summed E-state index contributed by atoms with van der Waals surface area (Å²) in [6.45, 7) is 10.6. The molecule has 1 aliphatic heterocycles. The number of esters is 1. The molecule has 0 aliphatic carbocycles. The van der Waals surface area contributed by atoms with Crippen LogP contribution in [0.5, 0.6) is 0 Å². The van der Waals surface area contributed by atoms with E-state index in [1.54, 1.807) is 41.5 Å². The molecule has 0 aromatic carbocycles. The second-order valence-corrected chi connectivity index (χ2v) is 7.57. The van der Waals surface area contributed by atoms with Crippen molar-refractivity contribution in [3.63, 3.8) is 0 Å². The number of nitrogens with two attached hydrogens (primary N) is 1. The third-order valence-electron chi connectivity index (χ3n) is 3.18. The number of aliphatic hydroxyl groups excluding tert-OH is 1. The van der Waals surface area contributed by atoms with Crippen molar-refractivity contribution < 1.29 is 24.2 Å². The molecule has 22 heavy (non-hydrogen) atoms. The molecule has 0 radical (unpaired) electrons. The van der Waals surface area contributed by atoms with Crippen LogP contribution in [0.2, 0.25) is 0 Å². The highest BCUT2D eigenvalue weighted by atomic mass is 16.6. The van der Waals surface area contributed by atoms with Gasteiger partial charge in [-0.05, 0) is 41.5 Å². The van der Waals surface area contributed by atoms with Gasteiger partial charge in [0.25, 0.3) is 0 Å². The Kier molecular flexibility index (Phi) is 5.46. The average molecular weight is 316 g/mol. The van der Waals surface area contributed by atoms with Crippen LogP contribution in [-0.4, -0.2) is 58.5 Å². The average Bonchev–Trinajstić information content (AvgIpc) is 2.61. The third-order valence-corrected chi connectivity index (χ3v) is 3.18. The number of likely N-dealkylation sites (tertiary alicyclic amines) is 1. The summed E-state index contributed by atoms with van der Waals surface area (Å²) in [5.74, 6) is -1.36. The van der Waals surface area contributed by atoms with Crippen molar-refractivity contribution in [1.29, 1.82) is 0 Å². The largest absolute Gasteiger partial charge is 0.460 e. The van der Waals surface area contributed by atoms with Crippen molar-refractivity contribution in [1.82, 2.24) is 4.90 Å². The molecule has 1 fully saturated rings. The van der Waals surface area contributed by atoms with E-state index >= 15 is 0 Å². The maximum absolute atomic E-state index is 12.2. The van der Waals surface area contributed by atoms with Crippen LogP contribution in [0, 0.1) is 5.92 Å². The molecule has 3 atom stereocenters. The van der Waals surface area contributed by atoms with E-state index in [0.29, 0.717) is 0 Å². The van der Waals surface area contributed by atoms with Crippen molar-refractivity contribution >= 4 is 12.1 Å². The molecule has 7 heteroatoms. The maximum atomic E-state index is 12.2. The molecule has 128 valence electrons. The molecule has 0 spiro atoms. The zero-order valence-electron chi connectivity index (χ0n) is 14.3. The highest BCUT2D eigenvalue weighted by Crippen LogP contribution is 2.27. The second kappa shape index (κ2) is 6.42. The van der Waals surface area contributed by atoms with Crippen LogP contribution in [-0.2, 0) is 14.3 Å². The summed E-state index contributed by atoms with van der Waals surface area (Å²) >= 11 is 0. The van der Waals surface area contributed by atoms with E-state index < -0.39 is 41.3 Å². The van der Waals surface area contributed by atoms with E-state index in [0.717, 1.165) is 0 Å². The van der Waals surface area contributed by atoms with Crippen LogP contribution < -0.4 is 5.73 Å². The fourth-order valence-corrected chi connectivity index (χ4v) is 2.30. The Balaban J connectivity index is 2.86. The zero-order valence-corrected chi connectivity index (χ0v) is 14.3. The summed E-state index contributed by atoms with van der Waals surface area (Å²) in [5, 5.41) is 10.3. The highest BCUT2D eigenvalue weighted by molar-refractivity contribution is 5.77. The summed E-state index contributed by atoms with van der Waals surface area (Å²) < 4.78 is 10.6. The van der Waals surface area contributed by atoms with E-state index in [4.69, 9.17) is 15.2 Å². The minimum atomic E-state index is -1.06. The van der Waals surface area contributed by atoms with Gasteiger partial charge in [0, 0.05) is 13.1 Å². The zero-order chi connectivity index (χ0) is 17.3. The highest BCUT2D eigenvalue weighted by Gasteiger charge is 2.48. The number of hydrogen-bond donors (Lipinski definition) is 2. The van der Waals surface area contributed by atoms with Gasteiger partial charge >= 0.3 is 12.1 Å². The van der Waals surface area contributed by atoms with Gasteiger partial charge in [0.05, 0.1) is 12.1 Å². The number of carbonyl (C=O) groups is 2. The number of ether oxygens (including phenoxy) is 2. The molecular formula is C15H28N2O5. The number of amides is 1. The topological polar surface area (TPSA) is 102 Å². The molecule has 0 unspecified atom stereocenters. The lowest BCUT2D eigenvalue weighted by Gasteiger charge is -2.28. The number of aliphatic hydroxyl groups is 1. The fraction of sp³-hybridized carbons (Fsp3) is 0.867. The Hall–Kier alpha value is -1.34. The number of rotatable bonds is 2. The molecule has 1 aliphatic rings. The van der Waals surface area contributed by atoms with Gasteiger partial charge in [-0.25, -0.2) is 4.79 Å². The molecular weight excluding hydrogens is 288 g/mol. The Morgan fingerprint density at radius 1 is 1.14 bits per heavy atom. The maximum Gasteiger partial charge on any atom is 0.410 e. The van der Waals surface area contributed by atoms with Crippen LogP contribution in [0.3, 0.4) is 0 Å². The van der Waals surface area contributed by atoms with E-state index in [1.165, 1.54) is 4.90 Å². The second-order valence-electron chi connectivity index (χ2n) is 7.57. The predicted molar refractivity (Wildman–Crippen MR) is 81.1 cm³/mol. The molecule has 7 nitrogen and oxygen atoms in total. The van der Waals surface area contributed by atoms with Crippen LogP contribution in [0.25, 0.3) is 0 Å². The molecule has 0 aromatic heterocycles. The first-order valence-electron chi connectivity index (χ1n) is 7.46. The Labute approximate surface area is 131 Å². The minimum absolute atomic E-state index is 0.0346. The summed E-state index contributed by atoms with van der Waals surface area (Å²) in [6, 6.07) is -0.660. The van der Waals surface area contributed by atoms with Gasteiger partial charge in [-0.1, -0.05) is 0 Å². The third kappa shape index (κ3) is 4.84. The van der Waals surface area contributed by atoms with Gasteiger partial charge in [-0.15, -0.1) is 0 Å². The summed E-state index contributed by atoms with van der Waals surface area (Å²) in [5.41, 5.74) is 4.32. The molecule has 1 amide bonds. The first kappa shape index (κ1) is 18.7. The smallest absolute Gasteiger partial charge is 0.410 e. The summed E-state index contributed by atoms with van der Waals surface area (Å²) in [4.78, 5) is 25.7. The van der Waals surface area contributed by atoms with Gasteiger partial charge in [0.2, 0.25) is 0 Å². The quantitative estimate of drug-likeness (QED) is 0.733. The normalized spacial score (nSPS) is 26.0. The van der Waals surface area contributed by atoms with E-state index in [-0.39, 0.29) is 13.1 Å². The van der Waals surface area contributed by atoms with Crippen molar-refractivity contribution in [3.05, 3.63) is 0 Å². The summed E-state index contributed by atoms with van der Waals surface area (Å²) in [7, 11) is 0. The van der Waals surface area contributed by atoms with Crippen molar-refractivity contribution in [2.45, 2.75) is 64.9 Å². The minimum Gasteiger partial charge on any atom is -0.460 e. The molecule has 1 rings (SSSR count). The molecule has 1 saturated heterocycles. The fourth-order valence-electron chi connectivity index (χ4n) is 2.30. The molecule has 0 bridgehead atoms. The molecule has 0 saturated carbocycles. The molecule has 1 heterocycles. The van der Waals surface area contributed by atoms with E-state index in [2.05, 4.69) is 0 Å². The molecule has 0 aromatic rings. The SMILES string of the molecule is CC(C)(C)OC(=O)[C@H]1CN(C(=O)OC(C)(C)C)[C@@H](CN)[C@@H]1O. The van der Waals surface area contributed by atoms with Crippen LogP contribution in [0.15, 0.2) is 0 Å². The van der Waals surface area contributed by atoms with Crippen LogP contribution in [0.4, 0.5) is 4.79 Å². The lowest BCUT2D eigenvalue weighted by atomic mass is 10.0. The van der Waals surface area contributed by atoms with Crippen LogP contribution in [0.1, 0.15) is 41.5 Å². The Morgan fingerprint density at radius 2 is 1.64 bits per heavy atom. The molecule has 3 N–H and O–H groups in total.